The fraction of sp³-hybridized carbons (Fsp3) is 0.667. The molecule has 0 saturated carbocycles. The molecule has 1 heterocycles. The Hall–Kier alpha value is -1.06. The van der Waals surface area contributed by atoms with Crippen LogP contribution in [0.3, 0.4) is 0 Å². The van der Waals surface area contributed by atoms with E-state index in [1.54, 1.807) is 7.05 Å². The third-order valence-electron chi connectivity index (χ3n) is 1.73. The molecule has 1 N–H and O–H groups in total. The molecule has 1 aliphatic rings. The molecule has 0 aromatic carbocycles. The lowest BCUT2D eigenvalue weighted by Crippen LogP contribution is -2.26. The fourth-order valence-corrected chi connectivity index (χ4v) is 1.05. The first-order valence-corrected chi connectivity index (χ1v) is 3.10. The predicted molar refractivity (Wildman–Crippen MR) is 33.4 cm³/mol. The van der Waals surface area contributed by atoms with E-state index in [4.69, 9.17) is 5.11 Å². The van der Waals surface area contributed by atoms with Crippen LogP contribution in [-0.4, -0.2) is 35.5 Å². The van der Waals surface area contributed by atoms with Crippen molar-refractivity contribution in [2.75, 3.05) is 13.6 Å². The summed E-state index contributed by atoms with van der Waals surface area (Å²) in [4.78, 5) is 22.6. The smallest absolute Gasteiger partial charge is 0.316 e. The van der Waals surface area contributed by atoms with E-state index in [0.717, 1.165) is 0 Å². The van der Waals surface area contributed by atoms with Gasteiger partial charge in [-0.15, -0.1) is 0 Å². The van der Waals surface area contributed by atoms with Gasteiger partial charge in [-0.05, 0) is 6.42 Å². The van der Waals surface area contributed by atoms with Crippen LogP contribution in [0.25, 0.3) is 0 Å². The summed E-state index contributed by atoms with van der Waals surface area (Å²) < 4.78 is 0. The summed E-state index contributed by atoms with van der Waals surface area (Å²) in [7, 11) is 1.62. The number of rotatable bonds is 1. The summed E-state index contributed by atoms with van der Waals surface area (Å²) in [6, 6.07) is 0. The molecule has 0 aromatic heterocycles. The van der Waals surface area contributed by atoms with Gasteiger partial charge in [0.2, 0.25) is 5.91 Å². The van der Waals surface area contributed by atoms with Crippen LogP contribution in [0.15, 0.2) is 0 Å². The second kappa shape index (κ2) is 2.28. The van der Waals surface area contributed by atoms with E-state index in [9.17, 15) is 9.59 Å². The molecule has 1 aliphatic heterocycles. The number of carboxylic acids is 1. The van der Waals surface area contributed by atoms with E-state index >= 15 is 0 Å². The van der Waals surface area contributed by atoms with Crippen LogP contribution in [0.5, 0.6) is 0 Å². The molecule has 0 aliphatic carbocycles. The predicted octanol–water partition coefficient (Wildman–Crippen LogP) is -0.451. The lowest BCUT2D eigenvalue weighted by atomic mass is 10.1. The maximum Gasteiger partial charge on any atom is 0.316 e. The Balaban J connectivity index is 2.66. The second-order valence-electron chi connectivity index (χ2n) is 2.44. The number of nitrogens with zero attached hydrogens (tertiary/aromatic N) is 1. The Bertz CT molecular complexity index is 178. The minimum absolute atomic E-state index is 0.271. The minimum Gasteiger partial charge on any atom is -0.481 e. The zero-order valence-electron chi connectivity index (χ0n) is 5.70. The van der Waals surface area contributed by atoms with Crippen LogP contribution in [0, 0.1) is 5.92 Å². The number of carboxylic acid groups (broad SMARTS) is 1. The van der Waals surface area contributed by atoms with Gasteiger partial charge < -0.3 is 10.0 Å². The number of carbonyl (C=O) groups excluding carboxylic acids is 1. The second-order valence-corrected chi connectivity index (χ2v) is 2.44. The Morgan fingerprint density at radius 2 is 2.40 bits per heavy atom. The molecule has 56 valence electrons. The molecule has 0 spiro atoms. The molecule has 4 nitrogen and oxygen atoms in total. The number of carbonyl (C=O) groups is 2. The number of hydrogen-bond donors (Lipinski definition) is 1. The van der Waals surface area contributed by atoms with Gasteiger partial charge in [-0.25, -0.2) is 0 Å². The molecule has 1 fully saturated rings. The van der Waals surface area contributed by atoms with Crippen molar-refractivity contribution in [3.05, 3.63) is 0 Å². The van der Waals surface area contributed by atoms with Crippen LogP contribution in [0.1, 0.15) is 6.42 Å². The summed E-state index contributed by atoms with van der Waals surface area (Å²) in [5, 5.41) is 8.45. The third-order valence-corrected chi connectivity index (χ3v) is 1.73. The Kier molecular flexibility index (Phi) is 1.61. The number of aliphatic carboxylic acids is 1. The summed E-state index contributed by atoms with van der Waals surface area (Å²) in [6.45, 7) is 0.565. The van der Waals surface area contributed by atoms with Crippen molar-refractivity contribution in [3.63, 3.8) is 0 Å². The van der Waals surface area contributed by atoms with Crippen LogP contribution < -0.4 is 0 Å². The van der Waals surface area contributed by atoms with Gasteiger partial charge in [0, 0.05) is 13.6 Å². The van der Waals surface area contributed by atoms with E-state index in [-0.39, 0.29) is 5.91 Å². The molecule has 1 saturated heterocycles. The Labute approximate surface area is 58.4 Å². The van der Waals surface area contributed by atoms with Crippen molar-refractivity contribution < 1.29 is 14.7 Å². The lowest BCUT2D eigenvalue weighted by Gasteiger charge is -2.05. The quantitative estimate of drug-likeness (QED) is 0.506. The van der Waals surface area contributed by atoms with Crippen LogP contribution in [0.4, 0.5) is 0 Å². The first-order valence-electron chi connectivity index (χ1n) is 3.10. The molecule has 1 atom stereocenters. The minimum atomic E-state index is -1.01. The largest absolute Gasteiger partial charge is 0.481 e. The highest BCUT2D eigenvalue weighted by Gasteiger charge is 2.34. The Morgan fingerprint density at radius 1 is 1.80 bits per heavy atom. The van der Waals surface area contributed by atoms with E-state index in [1.807, 2.05) is 0 Å². The third kappa shape index (κ3) is 0.964. The van der Waals surface area contributed by atoms with E-state index in [2.05, 4.69) is 0 Å². The van der Waals surface area contributed by atoms with Crippen LogP contribution in [0.2, 0.25) is 0 Å². The fourth-order valence-electron chi connectivity index (χ4n) is 1.05. The number of likely N-dealkylation sites (tertiary alicyclic amines) is 1. The average molecular weight is 143 g/mol. The summed E-state index contributed by atoms with van der Waals surface area (Å²) in [6.07, 6.45) is 0.449. The SMILES string of the molecule is CN1CC[C@H](C(=O)O)C1=O. The maximum atomic E-state index is 10.9. The molecule has 1 amide bonds. The lowest BCUT2D eigenvalue weighted by molar-refractivity contribution is -0.147. The summed E-state index contributed by atoms with van der Waals surface area (Å²) in [5.41, 5.74) is 0. The average Bonchev–Trinajstić information content (AvgIpc) is 2.14. The van der Waals surface area contributed by atoms with Crippen LogP contribution in [-0.2, 0) is 9.59 Å². The topological polar surface area (TPSA) is 57.6 Å². The number of hydrogen-bond acceptors (Lipinski definition) is 2. The molecule has 1 rings (SSSR count). The van der Waals surface area contributed by atoms with Gasteiger partial charge in [0.1, 0.15) is 5.92 Å². The van der Waals surface area contributed by atoms with Gasteiger partial charge in [-0.2, -0.15) is 0 Å². The van der Waals surface area contributed by atoms with E-state index < -0.39 is 11.9 Å². The maximum absolute atomic E-state index is 10.9. The summed E-state index contributed by atoms with van der Waals surface area (Å²) >= 11 is 0. The molecule has 0 radical (unpaired) electrons. The highest BCUT2D eigenvalue weighted by atomic mass is 16.4. The van der Waals surface area contributed by atoms with Crippen molar-refractivity contribution in [2.45, 2.75) is 6.42 Å². The van der Waals surface area contributed by atoms with Crippen LogP contribution >= 0.6 is 0 Å². The monoisotopic (exact) mass is 143 g/mol. The molecular weight excluding hydrogens is 134 g/mol. The van der Waals surface area contributed by atoms with Crippen molar-refractivity contribution in [2.24, 2.45) is 5.92 Å². The van der Waals surface area contributed by atoms with Crippen molar-refractivity contribution in [1.29, 1.82) is 0 Å². The van der Waals surface area contributed by atoms with E-state index in [1.165, 1.54) is 4.90 Å². The highest BCUT2D eigenvalue weighted by molar-refractivity contribution is 5.98. The molecule has 0 unspecified atom stereocenters. The normalized spacial score (nSPS) is 25.5. The first kappa shape index (κ1) is 7.05. The molecular formula is C6H9NO3. The van der Waals surface area contributed by atoms with Gasteiger partial charge >= 0.3 is 5.97 Å². The van der Waals surface area contributed by atoms with Gasteiger partial charge in [0.15, 0.2) is 0 Å². The highest BCUT2D eigenvalue weighted by Crippen LogP contribution is 2.15. The van der Waals surface area contributed by atoms with Crippen molar-refractivity contribution in [3.8, 4) is 0 Å². The van der Waals surface area contributed by atoms with Gasteiger partial charge in [-0.1, -0.05) is 0 Å². The molecule has 0 bridgehead atoms. The first-order chi connectivity index (χ1) is 4.63. The van der Waals surface area contributed by atoms with Gasteiger partial charge in [-0.3, -0.25) is 9.59 Å². The van der Waals surface area contributed by atoms with Crippen molar-refractivity contribution in [1.82, 2.24) is 4.90 Å². The van der Waals surface area contributed by atoms with Gasteiger partial charge in [0.05, 0.1) is 0 Å². The number of amides is 1. The zero-order chi connectivity index (χ0) is 7.72. The zero-order valence-corrected chi connectivity index (χ0v) is 5.70. The summed E-state index contributed by atoms with van der Waals surface area (Å²) in [5.74, 6) is -2.06. The van der Waals surface area contributed by atoms with Gasteiger partial charge in [0.25, 0.3) is 0 Å². The molecule has 10 heavy (non-hydrogen) atoms. The molecule has 4 heteroatoms. The van der Waals surface area contributed by atoms with E-state index in [0.29, 0.717) is 13.0 Å². The Morgan fingerprint density at radius 3 is 2.60 bits per heavy atom. The van der Waals surface area contributed by atoms with Crippen molar-refractivity contribution >= 4 is 11.9 Å². The molecule has 0 aromatic rings. The standard InChI is InChI=1S/C6H9NO3/c1-7-3-2-4(5(7)8)6(9)10/h4H,2-3H2,1H3,(H,9,10)/t4-/m0/s1.